The summed E-state index contributed by atoms with van der Waals surface area (Å²) in [4.78, 5) is 30.3. The lowest BCUT2D eigenvalue weighted by Gasteiger charge is -2.43. The van der Waals surface area contributed by atoms with E-state index in [0.29, 0.717) is 17.0 Å². The van der Waals surface area contributed by atoms with Crippen molar-refractivity contribution in [1.29, 1.82) is 0 Å². The summed E-state index contributed by atoms with van der Waals surface area (Å²) in [6, 6.07) is 5.51. The maximum absolute atomic E-state index is 12.1. The van der Waals surface area contributed by atoms with Gasteiger partial charge in [-0.2, -0.15) is 0 Å². The van der Waals surface area contributed by atoms with Gasteiger partial charge < -0.3 is 14.8 Å². The van der Waals surface area contributed by atoms with Crippen LogP contribution in [-0.4, -0.2) is 43.5 Å². The summed E-state index contributed by atoms with van der Waals surface area (Å²) in [5.74, 6) is 0.921. The molecule has 2 atom stereocenters. The van der Waals surface area contributed by atoms with Gasteiger partial charge >= 0.3 is 0 Å². The van der Waals surface area contributed by atoms with Gasteiger partial charge in [-0.3, -0.25) is 9.59 Å². The van der Waals surface area contributed by atoms with Crippen molar-refractivity contribution in [2.45, 2.75) is 18.9 Å². The zero-order valence-corrected chi connectivity index (χ0v) is 16.4. The van der Waals surface area contributed by atoms with E-state index in [1.807, 2.05) is 22.1 Å². The molecule has 2 bridgehead atoms. The molecule has 26 heavy (non-hydrogen) atoms. The van der Waals surface area contributed by atoms with Gasteiger partial charge in [0.2, 0.25) is 5.91 Å². The van der Waals surface area contributed by atoms with Crippen molar-refractivity contribution < 1.29 is 4.79 Å². The van der Waals surface area contributed by atoms with Gasteiger partial charge in [-0.25, -0.2) is 4.98 Å². The number of hydrogen-bond donors (Lipinski definition) is 1. The minimum Gasteiger partial charge on any atom is -0.356 e. The van der Waals surface area contributed by atoms with Crippen LogP contribution in [0.5, 0.6) is 0 Å². The molecule has 4 rings (SSSR count). The Kier molecular flexibility index (Phi) is 5.10. The average molecular weight is 407 g/mol. The number of carbonyl (C=O) groups is 1. The van der Waals surface area contributed by atoms with Crippen molar-refractivity contribution in [2.75, 3.05) is 24.2 Å². The molecule has 1 fully saturated rings. The Hall–Kier alpha value is -1.71. The molecular weight excluding hydrogens is 388 g/mol. The van der Waals surface area contributed by atoms with Gasteiger partial charge in [-0.15, -0.1) is 11.3 Å². The normalized spacial score (nSPS) is 21.2. The van der Waals surface area contributed by atoms with E-state index >= 15 is 0 Å². The van der Waals surface area contributed by atoms with Gasteiger partial charge in [0.25, 0.3) is 5.56 Å². The number of hydrogen-bond acceptors (Lipinski definition) is 6. The van der Waals surface area contributed by atoms with Crippen LogP contribution in [0.15, 0.2) is 34.6 Å². The summed E-state index contributed by atoms with van der Waals surface area (Å²) >= 11 is 8.36. The van der Waals surface area contributed by atoms with Gasteiger partial charge in [0.1, 0.15) is 4.32 Å². The topological polar surface area (TPSA) is 67.2 Å². The van der Waals surface area contributed by atoms with E-state index in [0.717, 1.165) is 36.1 Å². The Balaban J connectivity index is 1.37. The predicted molar refractivity (Wildman–Crippen MR) is 109 cm³/mol. The summed E-state index contributed by atoms with van der Waals surface area (Å²) in [6.07, 6.45) is 2.76. The van der Waals surface area contributed by atoms with E-state index in [1.54, 1.807) is 12.3 Å². The second kappa shape index (κ2) is 7.50. The number of thiocarbonyl (C=S) groups is 1. The smallest absolute Gasteiger partial charge is 0.250 e. The lowest BCUT2D eigenvalue weighted by Crippen LogP contribution is -2.48. The number of carbonyl (C=O) groups excluding carboxylic acids is 1. The van der Waals surface area contributed by atoms with E-state index < -0.39 is 0 Å². The maximum Gasteiger partial charge on any atom is 0.250 e. The standard InChI is InChI=1S/C17H18N4O2S3/c22-14(19-16-18-4-5-25-16)10-26-17(24)20-7-11-6-12(9-20)13-2-1-3-15(23)21(13)8-11/h1-5,11-12H,6-10H2,(H,18,19,22)/t11-,12-/m1/s1. The fraction of sp³-hybridized carbons (Fsp3) is 0.412. The Bertz CT molecular complexity index is 880. The van der Waals surface area contributed by atoms with E-state index in [9.17, 15) is 9.59 Å². The van der Waals surface area contributed by atoms with E-state index in [4.69, 9.17) is 12.2 Å². The fourth-order valence-corrected chi connectivity index (χ4v) is 5.23. The molecule has 0 aromatic carbocycles. The SMILES string of the molecule is O=C(CSC(=S)N1C[C@H]2C[C@H](C1)c1cccc(=O)n1C2)Nc1nccs1. The number of anilines is 1. The number of nitrogens with one attached hydrogen (secondary N) is 1. The molecule has 0 saturated carbocycles. The largest absolute Gasteiger partial charge is 0.356 e. The number of aromatic nitrogens is 2. The lowest BCUT2D eigenvalue weighted by molar-refractivity contribution is -0.113. The van der Waals surface area contributed by atoms with Gasteiger partial charge in [0.05, 0.1) is 5.75 Å². The number of fused-ring (bicyclic) bond motifs is 4. The van der Waals surface area contributed by atoms with Gasteiger partial charge in [-0.1, -0.05) is 30.0 Å². The number of piperidine rings is 1. The highest BCUT2D eigenvalue weighted by atomic mass is 32.2. The quantitative estimate of drug-likeness (QED) is 0.790. The van der Waals surface area contributed by atoms with Gasteiger partial charge in [0, 0.05) is 48.9 Å². The number of thioether (sulfide) groups is 1. The van der Waals surface area contributed by atoms with Crippen molar-refractivity contribution in [3.8, 4) is 0 Å². The second-order valence-electron chi connectivity index (χ2n) is 6.54. The molecule has 2 aromatic heterocycles. The fourth-order valence-electron chi connectivity index (χ4n) is 3.70. The Morgan fingerprint density at radius 2 is 2.27 bits per heavy atom. The molecule has 0 radical (unpaired) electrons. The van der Waals surface area contributed by atoms with Crippen LogP contribution in [0.25, 0.3) is 0 Å². The summed E-state index contributed by atoms with van der Waals surface area (Å²) in [6.45, 7) is 2.40. The first-order chi connectivity index (χ1) is 12.6. The first-order valence-electron chi connectivity index (χ1n) is 8.41. The molecule has 1 amide bonds. The number of rotatable bonds is 3. The van der Waals surface area contributed by atoms with Crippen molar-refractivity contribution in [3.05, 3.63) is 45.8 Å². The van der Waals surface area contributed by atoms with Crippen LogP contribution in [-0.2, 0) is 11.3 Å². The molecule has 0 spiro atoms. The first kappa shape index (κ1) is 17.7. The number of thiazole rings is 1. The number of amides is 1. The van der Waals surface area contributed by atoms with E-state index in [-0.39, 0.29) is 17.2 Å². The molecule has 4 heterocycles. The van der Waals surface area contributed by atoms with Crippen molar-refractivity contribution in [2.24, 2.45) is 5.92 Å². The highest BCUT2D eigenvalue weighted by Crippen LogP contribution is 2.36. The second-order valence-corrected chi connectivity index (χ2v) is 9.05. The molecular formula is C17H18N4O2S3. The highest BCUT2D eigenvalue weighted by molar-refractivity contribution is 8.23. The Morgan fingerprint density at radius 1 is 1.38 bits per heavy atom. The number of likely N-dealkylation sites (tertiary alicyclic amines) is 1. The summed E-state index contributed by atoms with van der Waals surface area (Å²) in [5.41, 5.74) is 1.19. The van der Waals surface area contributed by atoms with Crippen molar-refractivity contribution in [3.63, 3.8) is 0 Å². The molecule has 6 nitrogen and oxygen atoms in total. The first-order valence-corrected chi connectivity index (χ1v) is 10.7. The molecule has 2 aromatic rings. The summed E-state index contributed by atoms with van der Waals surface area (Å²) in [7, 11) is 0. The lowest BCUT2D eigenvalue weighted by atomic mass is 9.83. The monoisotopic (exact) mass is 406 g/mol. The third-order valence-corrected chi connectivity index (χ3v) is 6.96. The van der Waals surface area contributed by atoms with Crippen LogP contribution in [0, 0.1) is 5.92 Å². The van der Waals surface area contributed by atoms with Crippen LogP contribution in [0.4, 0.5) is 5.13 Å². The molecule has 9 heteroatoms. The van der Waals surface area contributed by atoms with Gasteiger partial charge in [0.15, 0.2) is 5.13 Å². The number of nitrogens with zero attached hydrogens (tertiary/aromatic N) is 3. The summed E-state index contributed by atoms with van der Waals surface area (Å²) < 4.78 is 2.66. The number of pyridine rings is 1. The van der Waals surface area contributed by atoms with Crippen LogP contribution in [0.3, 0.4) is 0 Å². The zero-order chi connectivity index (χ0) is 18.1. The van der Waals surface area contributed by atoms with E-state index in [2.05, 4.69) is 15.2 Å². The van der Waals surface area contributed by atoms with Crippen LogP contribution in [0.2, 0.25) is 0 Å². The van der Waals surface area contributed by atoms with E-state index in [1.165, 1.54) is 23.1 Å². The minimum absolute atomic E-state index is 0.0847. The Morgan fingerprint density at radius 3 is 3.08 bits per heavy atom. The Labute approximate surface area is 164 Å². The molecule has 0 aliphatic carbocycles. The molecule has 2 aliphatic rings. The third-order valence-electron chi connectivity index (χ3n) is 4.74. The van der Waals surface area contributed by atoms with Gasteiger partial charge in [-0.05, 0) is 18.4 Å². The molecule has 2 aliphatic heterocycles. The molecule has 1 saturated heterocycles. The minimum atomic E-state index is -0.0959. The van der Waals surface area contributed by atoms with Crippen molar-refractivity contribution >= 4 is 50.7 Å². The van der Waals surface area contributed by atoms with Crippen LogP contribution >= 0.6 is 35.3 Å². The molecule has 1 N–H and O–H groups in total. The highest BCUT2D eigenvalue weighted by Gasteiger charge is 2.35. The average Bonchev–Trinajstić information content (AvgIpc) is 3.13. The summed E-state index contributed by atoms with van der Waals surface area (Å²) in [5, 5.41) is 5.20. The predicted octanol–water partition coefficient (Wildman–Crippen LogP) is 2.38. The molecule has 0 unspecified atom stereocenters. The zero-order valence-electron chi connectivity index (χ0n) is 14.0. The third kappa shape index (κ3) is 3.70. The van der Waals surface area contributed by atoms with Crippen LogP contribution in [0.1, 0.15) is 18.0 Å². The van der Waals surface area contributed by atoms with Crippen LogP contribution < -0.4 is 10.9 Å². The van der Waals surface area contributed by atoms with Crippen molar-refractivity contribution in [1.82, 2.24) is 14.5 Å². The maximum atomic E-state index is 12.1. The molecule has 136 valence electrons.